The summed E-state index contributed by atoms with van der Waals surface area (Å²) in [5.41, 5.74) is 5.42. The van der Waals surface area contributed by atoms with Crippen LogP contribution < -0.4 is 4.74 Å². The maximum Gasteiger partial charge on any atom is 0.137 e. The highest BCUT2D eigenvalue weighted by Crippen LogP contribution is 2.34. The number of nitrogens with one attached hydrogen (secondary N) is 1. The van der Waals surface area contributed by atoms with Crippen molar-refractivity contribution in [3.63, 3.8) is 0 Å². The summed E-state index contributed by atoms with van der Waals surface area (Å²) in [7, 11) is 2.17. The minimum absolute atomic E-state index is 0.0898. The average molecular weight is 483 g/mol. The third kappa shape index (κ3) is 4.48. The summed E-state index contributed by atoms with van der Waals surface area (Å²) in [6.07, 6.45) is 11.9. The van der Waals surface area contributed by atoms with Gasteiger partial charge in [0.15, 0.2) is 0 Å². The Balaban J connectivity index is 1.28. The van der Waals surface area contributed by atoms with Gasteiger partial charge in [-0.25, -0.2) is 4.98 Å². The number of rotatable bonds is 5. The van der Waals surface area contributed by atoms with Crippen LogP contribution in [0.3, 0.4) is 0 Å². The molecule has 0 bridgehead atoms. The number of nitrogens with zero attached hydrogens (tertiary/aromatic N) is 5. The Bertz CT molecular complexity index is 1400. The van der Waals surface area contributed by atoms with Crippen LogP contribution in [0.2, 0.25) is 0 Å². The van der Waals surface area contributed by atoms with E-state index in [0.717, 1.165) is 72.1 Å². The predicted octanol–water partition coefficient (Wildman–Crippen LogP) is 4.79. The van der Waals surface area contributed by atoms with Gasteiger partial charge in [-0.3, -0.25) is 4.68 Å². The third-order valence-electron chi connectivity index (χ3n) is 7.40. The van der Waals surface area contributed by atoms with Crippen molar-refractivity contribution in [2.45, 2.75) is 37.8 Å². The topological polar surface area (TPSA) is 92.0 Å². The molecule has 0 radical (unpaired) electrons. The lowest BCUT2D eigenvalue weighted by atomic mass is 10.0. The molecule has 184 valence electrons. The van der Waals surface area contributed by atoms with E-state index in [1.807, 2.05) is 36.8 Å². The van der Waals surface area contributed by atoms with Crippen LogP contribution in [-0.2, 0) is 4.74 Å². The SMILES string of the molecule is CN1CCC(n2cc(-c3cnc4[nH]cc(-c5ccc(OC6CCOCC6)c(C#N)c5)c4c3)cn2)CC1. The number of pyridine rings is 1. The van der Waals surface area contributed by atoms with E-state index in [4.69, 9.17) is 9.47 Å². The molecular formula is C28H30N6O2. The van der Waals surface area contributed by atoms with Gasteiger partial charge < -0.3 is 19.4 Å². The van der Waals surface area contributed by atoms with E-state index in [1.165, 1.54) is 0 Å². The fourth-order valence-corrected chi connectivity index (χ4v) is 5.21. The van der Waals surface area contributed by atoms with Crippen LogP contribution in [0.1, 0.15) is 37.3 Å². The first-order valence-electron chi connectivity index (χ1n) is 12.7. The van der Waals surface area contributed by atoms with Gasteiger partial charge in [0.25, 0.3) is 0 Å². The smallest absolute Gasteiger partial charge is 0.137 e. The quantitative estimate of drug-likeness (QED) is 0.440. The normalized spacial score (nSPS) is 17.9. The number of aromatic amines is 1. The zero-order chi connectivity index (χ0) is 24.5. The molecule has 2 saturated heterocycles. The van der Waals surface area contributed by atoms with Crippen molar-refractivity contribution in [2.24, 2.45) is 0 Å². The molecule has 0 atom stereocenters. The monoisotopic (exact) mass is 482 g/mol. The highest BCUT2D eigenvalue weighted by atomic mass is 16.5. The molecule has 0 unspecified atom stereocenters. The Morgan fingerprint density at radius 3 is 2.69 bits per heavy atom. The van der Waals surface area contributed by atoms with E-state index < -0.39 is 0 Å². The number of aromatic nitrogens is 4. The number of fused-ring (bicyclic) bond motifs is 1. The lowest BCUT2D eigenvalue weighted by Crippen LogP contribution is -2.31. The Morgan fingerprint density at radius 2 is 1.89 bits per heavy atom. The van der Waals surface area contributed by atoms with Crippen molar-refractivity contribution < 1.29 is 9.47 Å². The van der Waals surface area contributed by atoms with Crippen molar-refractivity contribution in [2.75, 3.05) is 33.4 Å². The summed E-state index contributed by atoms with van der Waals surface area (Å²) in [4.78, 5) is 10.3. The van der Waals surface area contributed by atoms with Crippen LogP contribution in [-0.4, -0.2) is 64.1 Å². The minimum atomic E-state index is 0.0898. The van der Waals surface area contributed by atoms with Gasteiger partial charge in [-0.2, -0.15) is 10.4 Å². The van der Waals surface area contributed by atoms with Crippen molar-refractivity contribution in [3.05, 3.63) is 54.6 Å². The van der Waals surface area contributed by atoms with Crippen LogP contribution in [0.4, 0.5) is 0 Å². The number of ether oxygens (including phenoxy) is 2. The number of benzene rings is 1. The van der Waals surface area contributed by atoms with Gasteiger partial charge in [0.2, 0.25) is 0 Å². The molecule has 0 spiro atoms. The fourth-order valence-electron chi connectivity index (χ4n) is 5.21. The second-order valence-electron chi connectivity index (χ2n) is 9.82. The summed E-state index contributed by atoms with van der Waals surface area (Å²) in [5.74, 6) is 0.633. The number of nitriles is 1. The second kappa shape index (κ2) is 9.76. The molecule has 5 heterocycles. The summed E-state index contributed by atoms with van der Waals surface area (Å²) in [6, 6.07) is 10.7. The Labute approximate surface area is 210 Å². The van der Waals surface area contributed by atoms with Gasteiger partial charge in [-0.05, 0) is 56.7 Å². The zero-order valence-corrected chi connectivity index (χ0v) is 20.5. The van der Waals surface area contributed by atoms with Crippen molar-refractivity contribution in [3.8, 4) is 34.1 Å². The van der Waals surface area contributed by atoms with Crippen LogP contribution in [0.25, 0.3) is 33.3 Å². The van der Waals surface area contributed by atoms with Crippen molar-refractivity contribution in [1.82, 2.24) is 24.6 Å². The molecule has 4 aromatic rings. The van der Waals surface area contributed by atoms with Gasteiger partial charge >= 0.3 is 0 Å². The van der Waals surface area contributed by atoms with Gasteiger partial charge in [-0.1, -0.05) is 6.07 Å². The largest absolute Gasteiger partial charge is 0.489 e. The van der Waals surface area contributed by atoms with E-state index in [1.54, 1.807) is 0 Å². The van der Waals surface area contributed by atoms with Gasteiger partial charge in [0.05, 0.1) is 31.0 Å². The number of hydrogen-bond donors (Lipinski definition) is 1. The Hall–Kier alpha value is -3.67. The highest BCUT2D eigenvalue weighted by molar-refractivity contribution is 5.96. The zero-order valence-electron chi connectivity index (χ0n) is 20.5. The lowest BCUT2D eigenvalue weighted by molar-refractivity contribution is 0.0254. The van der Waals surface area contributed by atoms with E-state index in [2.05, 4.69) is 50.0 Å². The Morgan fingerprint density at radius 1 is 1.06 bits per heavy atom. The number of hydrogen-bond acceptors (Lipinski definition) is 6. The first kappa shape index (κ1) is 22.8. The second-order valence-corrected chi connectivity index (χ2v) is 9.82. The molecule has 2 aliphatic rings. The highest BCUT2D eigenvalue weighted by Gasteiger charge is 2.20. The first-order chi connectivity index (χ1) is 17.7. The summed E-state index contributed by atoms with van der Waals surface area (Å²) in [6.45, 7) is 3.60. The molecule has 2 fully saturated rings. The lowest BCUT2D eigenvalue weighted by Gasteiger charge is -2.28. The molecule has 1 aromatic carbocycles. The molecule has 0 amide bonds. The molecule has 36 heavy (non-hydrogen) atoms. The molecule has 8 heteroatoms. The van der Waals surface area contributed by atoms with Crippen LogP contribution in [0.5, 0.6) is 5.75 Å². The third-order valence-corrected chi connectivity index (χ3v) is 7.40. The molecule has 0 saturated carbocycles. The molecular weight excluding hydrogens is 452 g/mol. The number of piperidine rings is 1. The molecule has 6 rings (SSSR count). The van der Waals surface area contributed by atoms with Crippen LogP contribution in [0, 0.1) is 11.3 Å². The van der Waals surface area contributed by atoms with Crippen molar-refractivity contribution in [1.29, 1.82) is 5.26 Å². The van der Waals surface area contributed by atoms with Gasteiger partial charge in [0, 0.05) is 53.5 Å². The van der Waals surface area contributed by atoms with E-state index in [0.29, 0.717) is 30.6 Å². The van der Waals surface area contributed by atoms with Gasteiger partial charge in [0.1, 0.15) is 23.6 Å². The van der Waals surface area contributed by atoms with Gasteiger partial charge in [-0.15, -0.1) is 0 Å². The van der Waals surface area contributed by atoms with Crippen molar-refractivity contribution >= 4 is 11.0 Å². The first-order valence-corrected chi connectivity index (χ1v) is 12.7. The number of likely N-dealkylation sites (tertiary alicyclic amines) is 1. The summed E-state index contributed by atoms with van der Waals surface area (Å²) < 4.78 is 13.7. The maximum atomic E-state index is 9.81. The minimum Gasteiger partial charge on any atom is -0.489 e. The fraction of sp³-hybridized carbons (Fsp3) is 0.393. The molecule has 8 nitrogen and oxygen atoms in total. The van der Waals surface area contributed by atoms with Crippen LogP contribution in [0.15, 0.2) is 49.1 Å². The van der Waals surface area contributed by atoms with E-state index >= 15 is 0 Å². The molecule has 2 aliphatic heterocycles. The summed E-state index contributed by atoms with van der Waals surface area (Å²) in [5, 5.41) is 15.5. The summed E-state index contributed by atoms with van der Waals surface area (Å²) >= 11 is 0. The van der Waals surface area contributed by atoms with E-state index in [-0.39, 0.29) is 6.10 Å². The molecule has 3 aromatic heterocycles. The molecule has 1 N–H and O–H groups in total. The Kier molecular flexibility index (Phi) is 6.18. The number of H-pyrrole nitrogens is 1. The predicted molar refractivity (Wildman–Crippen MR) is 138 cm³/mol. The standard InChI is InChI=1S/C28H30N6O2/c1-33-8-4-23(5-9-33)34-18-22(16-32-34)21-13-25-26(17-31-28(25)30-15-21)19-2-3-27(20(12-19)14-29)36-24-6-10-35-11-7-24/h2-3,12-13,15-18,23-24H,4-11H2,1H3,(H,30,31). The van der Waals surface area contributed by atoms with E-state index in [9.17, 15) is 5.26 Å². The average Bonchev–Trinajstić information content (AvgIpc) is 3.57. The molecule has 0 aliphatic carbocycles. The maximum absolute atomic E-state index is 9.81. The van der Waals surface area contributed by atoms with Crippen LogP contribution >= 0.6 is 0 Å².